The molecule has 0 aliphatic carbocycles. The molecule has 2 aromatic carbocycles. The summed E-state index contributed by atoms with van der Waals surface area (Å²) in [7, 11) is 0. The molecule has 0 radical (unpaired) electrons. The van der Waals surface area contributed by atoms with Gasteiger partial charge in [0.15, 0.2) is 0 Å². The van der Waals surface area contributed by atoms with Crippen LogP contribution in [0.1, 0.15) is 24.0 Å². The lowest BCUT2D eigenvalue weighted by Gasteiger charge is -2.17. The zero-order valence-electron chi connectivity index (χ0n) is 12.3. The fourth-order valence-corrected chi connectivity index (χ4v) is 2.76. The molecule has 0 spiro atoms. The van der Waals surface area contributed by atoms with Gasteiger partial charge in [0.05, 0.1) is 11.6 Å². The summed E-state index contributed by atoms with van der Waals surface area (Å²) in [6.45, 7) is 2.23. The third kappa shape index (κ3) is 3.17. The van der Waals surface area contributed by atoms with Crippen molar-refractivity contribution < 1.29 is 4.39 Å². The topological polar surface area (TPSA) is 27.0 Å². The van der Waals surface area contributed by atoms with E-state index in [1.54, 1.807) is 18.2 Å². The van der Waals surface area contributed by atoms with Gasteiger partial charge >= 0.3 is 0 Å². The highest BCUT2D eigenvalue weighted by Gasteiger charge is 2.11. The minimum absolute atomic E-state index is 0.331. The summed E-state index contributed by atoms with van der Waals surface area (Å²) in [4.78, 5) is 2.37. The molecule has 22 heavy (non-hydrogen) atoms. The molecule has 2 nitrogen and oxygen atoms in total. The molecule has 1 fully saturated rings. The highest BCUT2D eigenvalue weighted by atomic mass is 19.1. The highest BCUT2D eigenvalue weighted by Crippen LogP contribution is 2.23. The molecular formula is C19H17FN2. The number of rotatable bonds is 3. The van der Waals surface area contributed by atoms with Crippen molar-refractivity contribution in [3.63, 3.8) is 0 Å². The molecule has 0 aromatic heterocycles. The fraction of sp³-hybridized carbons (Fsp3) is 0.211. The van der Waals surface area contributed by atoms with Crippen LogP contribution < -0.4 is 4.90 Å². The largest absolute Gasteiger partial charge is 0.372 e. The maximum absolute atomic E-state index is 13.3. The van der Waals surface area contributed by atoms with Gasteiger partial charge in [0, 0.05) is 18.8 Å². The van der Waals surface area contributed by atoms with Crippen molar-refractivity contribution in [1.82, 2.24) is 0 Å². The number of hydrogen-bond acceptors (Lipinski definition) is 2. The summed E-state index contributed by atoms with van der Waals surface area (Å²) < 4.78 is 13.3. The quantitative estimate of drug-likeness (QED) is 0.615. The van der Waals surface area contributed by atoms with Crippen LogP contribution in [0.15, 0.2) is 48.5 Å². The molecule has 0 amide bonds. The van der Waals surface area contributed by atoms with Crippen molar-refractivity contribution in [3.8, 4) is 6.07 Å². The van der Waals surface area contributed by atoms with Gasteiger partial charge < -0.3 is 4.90 Å². The van der Waals surface area contributed by atoms with Gasteiger partial charge in [-0.05, 0) is 54.3 Å². The predicted octanol–water partition coefficient (Wildman–Crippen LogP) is 4.49. The van der Waals surface area contributed by atoms with Crippen molar-refractivity contribution in [3.05, 3.63) is 65.5 Å². The van der Waals surface area contributed by atoms with Gasteiger partial charge in [-0.1, -0.05) is 24.3 Å². The lowest BCUT2D eigenvalue weighted by atomic mass is 10.0. The van der Waals surface area contributed by atoms with Crippen molar-refractivity contribution in [2.75, 3.05) is 18.0 Å². The third-order valence-corrected chi connectivity index (χ3v) is 3.93. The van der Waals surface area contributed by atoms with Crippen LogP contribution in [0, 0.1) is 17.1 Å². The van der Waals surface area contributed by atoms with Gasteiger partial charge in [-0.3, -0.25) is 0 Å². The minimum atomic E-state index is -0.331. The van der Waals surface area contributed by atoms with Gasteiger partial charge in [-0.25, -0.2) is 4.39 Å². The summed E-state index contributed by atoms with van der Waals surface area (Å²) >= 11 is 0. The number of nitrogens with zero attached hydrogens (tertiary/aromatic N) is 2. The molecule has 1 aliphatic heterocycles. The van der Waals surface area contributed by atoms with E-state index in [1.807, 2.05) is 12.1 Å². The van der Waals surface area contributed by atoms with Crippen LogP contribution in [-0.2, 0) is 0 Å². The smallest absolute Gasteiger partial charge is 0.123 e. The highest BCUT2D eigenvalue weighted by molar-refractivity contribution is 5.89. The molecule has 0 saturated carbocycles. The van der Waals surface area contributed by atoms with Crippen LogP contribution in [0.5, 0.6) is 0 Å². The Bertz CT molecular complexity index is 720. The maximum atomic E-state index is 13.3. The second-order valence-electron chi connectivity index (χ2n) is 5.47. The Balaban J connectivity index is 1.85. The van der Waals surface area contributed by atoms with Crippen molar-refractivity contribution in [1.29, 1.82) is 5.26 Å². The monoisotopic (exact) mass is 292 g/mol. The van der Waals surface area contributed by atoms with Crippen LogP contribution in [0.2, 0.25) is 0 Å². The molecule has 1 saturated heterocycles. The van der Waals surface area contributed by atoms with E-state index in [0.717, 1.165) is 18.7 Å². The van der Waals surface area contributed by atoms with Gasteiger partial charge in [-0.15, -0.1) is 0 Å². The number of halogens is 1. The van der Waals surface area contributed by atoms with E-state index in [-0.39, 0.29) is 5.82 Å². The first-order chi connectivity index (χ1) is 10.8. The van der Waals surface area contributed by atoms with E-state index < -0.39 is 0 Å². The number of hydrogen-bond donors (Lipinski definition) is 0. The number of benzene rings is 2. The summed E-state index contributed by atoms with van der Waals surface area (Å²) in [6, 6.07) is 16.4. The van der Waals surface area contributed by atoms with E-state index in [0.29, 0.717) is 11.1 Å². The van der Waals surface area contributed by atoms with Crippen molar-refractivity contribution in [2.45, 2.75) is 12.8 Å². The van der Waals surface area contributed by atoms with Crippen LogP contribution >= 0.6 is 0 Å². The first-order valence-corrected chi connectivity index (χ1v) is 7.49. The standard InChI is InChI=1S/C19H17FN2/c20-18-5-3-4-16(13-18)17(14-21)12-15-6-8-19(9-7-15)22-10-1-2-11-22/h3-9,12-13H,1-2,10-11H2/b17-12-. The first-order valence-electron chi connectivity index (χ1n) is 7.49. The average Bonchev–Trinajstić information content (AvgIpc) is 3.07. The lowest BCUT2D eigenvalue weighted by Crippen LogP contribution is -2.17. The SMILES string of the molecule is N#C/C(=C/c1ccc(N2CCCC2)cc1)c1cccc(F)c1. The summed E-state index contributed by atoms with van der Waals surface area (Å²) in [6.07, 6.45) is 4.29. The Morgan fingerprint density at radius 1 is 1.09 bits per heavy atom. The molecule has 110 valence electrons. The van der Waals surface area contributed by atoms with Crippen LogP contribution in [-0.4, -0.2) is 13.1 Å². The molecule has 0 unspecified atom stereocenters. The normalized spacial score (nSPS) is 14.9. The molecule has 0 N–H and O–H groups in total. The zero-order chi connectivity index (χ0) is 15.4. The van der Waals surface area contributed by atoms with Gasteiger partial charge in [0.1, 0.15) is 5.82 Å². The maximum Gasteiger partial charge on any atom is 0.123 e. The molecule has 2 aromatic rings. The molecule has 1 aliphatic rings. The Hall–Kier alpha value is -2.60. The molecule has 0 bridgehead atoms. The van der Waals surface area contributed by atoms with Crippen LogP contribution in [0.25, 0.3) is 11.6 Å². The number of anilines is 1. The summed E-state index contributed by atoms with van der Waals surface area (Å²) in [5.74, 6) is -0.331. The Morgan fingerprint density at radius 2 is 1.82 bits per heavy atom. The van der Waals surface area contributed by atoms with Crippen molar-refractivity contribution in [2.24, 2.45) is 0 Å². The second kappa shape index (κ2) is 6.44. The molecule has 3 rings (SSSR count). The van der Waals surface area contributed by atoms with Gasteiger partial charge in [-0.2, -0.15) is 5.26 Å². The summed E-state index contributed by atoms with van der Waals surface area (Å²) in [5, 5.41) is 9.31. The molecule has 3 heteroatoms. The van der Waals surface area contributed by atoms with E-state index in [1.165, 1.54) is 30.7 Å². The predicted molar refractivity (Wildman–Crippen MR) is 87.8 cm³/mol. The molecule has 1 heterocycles. The van der Waals surface area contributed by atoms with Gasteiger partial charge in [0.25, 0.3) is 0 Å². The minimum Gasteiger partial charge on any atom is -0.372 e. The van der Waals surface area contributed by atoms with Gasteiger partial charge in [0.2, 0.25) is 0 Å². The van der Waals surface area contributed by atoms with Crippen molar-refractivity contribution >= 4 is 17.3 Å². The zero-order valence-corrected chi connectivity index (χ0v) is 12.3. The molecule has 0 atom stereocenters. The Kier molecular flexibility index (Phi) is 4.20. The molecular weight excluding hydrogens is 275 g/mol. The summed E-state index contributed by atoms with van der Waals surface area (Å²) in [5.41, 5.74) is 3.24. The number of nitriles is 1. The van der Waals surface area contributed by atoms with E-state index in [4.69, 9.17) is 0 Å². The van der Waals surface area contributed by atoms with E-state index in [2.05, 4.69) is 23.1 Å². The average molecular weight is 292 g/mol. The lowest BCUT2D eigenvalue weighted by molar-refractivity contribution is 0.627. The number of allylic oxidation sites excluding steroid dienone is 1. The Labute approximate surface area is 130 Å². The third-order valence-electron chi connectivity index (χ3n) is 3.93. The van der Waals surface area contributed by atoms with E-state index >= 15 is 0 Å². The fourth-order valence-electron chi connectivity index (χ4n) is 2.76. The Morgan fingerprint density at radius 3 is 2.45 bits per heavy atom. The van der Waals surface area contributed by atoms with Crippen LogP contribution in [0.4, 0.5) is 10.1 Å². The second-order valence-corrected chi connectivity index (χ2v) is 5.47. The van der Waals surface area contributed by atoms with E-state index in [9.17, 15) is 9.65 Å². The van der Waals surface area contributed by atoms with Crippen LogP contribution in [0.3, 0.4) is 0 Å². The first kappa shape index (κ1) is 14.3.